The summed E-state index contributed by atoms with van der Waals surface area (Å²) in [4.78, 5) is 0. The van der Waals surface area contributed by atoms with Gasteiger partial charge in [-0.15, -0.1) is 12.3 Å². The largest absolute Gasteiger partial charge is 0.314 e. The first-order valence-corrected chi connectivity index (χ1v) is 7.28. The predicted octanol–water partition coefficient (Wildman–Crippen LogP) is 3.98. The SMILES string of the molecule is C#CCCC(NCCC)C1CCCCC1(C)C. The number of hydrogen-bond acceptors (Lipinski definition) is 1. The zero-order chi connectivity index (χ0) is 12.7. The second-order valence-corrected chi connectivity index (χ2v) is 6.14. The molecule has 1 fully saturated rings. The Morgan fingerprint density at radius 2 is 2.18 bits per heavy atom. The van der Waals surface area contributed by atoms with Crippen LogP contribution in [0, 0.1) is 23.7 Å². The van der Waals surface area contributed by atoms with Crippen LogP contribution in [0.2, 0.25) is 0 Å². The highest BCUT2D eigenvalue weighted by Gasteiger charge is 2.36. The quantitative estimate of drug-likeness (QED) is 0.687. The van der Waals surface area contributed by atoms with E-state index in [1.807, 2.05) is 0 Å². The van der Waals surface area contributed by atoms with Gasteiger partial charge in [-0.05, 0) is 43.6 Å². The second kappa shape index (κ2) is 7.07. The fraction of sp³-hybridized carbons (Fsp3) is 0.875. The Morgan fingerprint density at radius 1 is 1.41 bits per heavy atom. The third kappa shape index (κ3) is 4.36. The zero-order valence-corrected chi connectivity index (χ0v) is 11.9. The van der Waals surface area contributed by atoms with Crippen molar-refractivity contribution in [1.29, 1.82) is 0 Å². The van der Waals surface area contributed by atoms with Crippen molar-refractivity contribution in [1.82, 2.24) is 5.32 Å². The predicted molar refractivity (Wildman–Crippen MR) is 75.9 cm³/mol. The van der Waals surface area contributed by atoms with Crippen LogP contribution in [0.4, 0.5) is 0 Å². The van der Waals surface area contributed by atoms with Crippen LogP contribution >= 0.6 is 0 Å². The van der Waals surface area contributed by atoms with Gasteiger partial charge in [-0.2, -0.15) is 0 Å². The van der Waals surface area contributed by atoms with Gasteiger partial charge in [-0.25, -0.2) is 0 Å². The number of terminal acetylenes is 1. The van der Waals surface area contributed by atoms with E-state index in [2.05, 4.69) is 32.0 Å². The third-order valence-electron chi connectivity index (χ3n) is 4.33. The lowest BCUT2D eigenvalue weighted by Crippen LogP contribution is -2.45. The Kier molecular flexibility index (Phi) is 6.06. The van der Waals surface area contributed by atoms with Crippen molar-refractivity contribution in [3.63, 3.8) is 0 Å². The molecule has 1 rings (SSSR count). The number of nitrogens with one attached hydrogen (secondary N) is 1. The Balaban J connectivity index is 2.62. The van der Waals surface area contributed by atoms with E-state index in [1.165, 1.54) is 32.1 Å². The molecule has 1 saturated carbocycles. The molecule has 0 amide bonds. The minimum Gasteiger partial charge on any atom is -0.314 e. The summed E-state index contributed by atoms with van der Waals surface area (Å²) in [6.07, 6.45) is 14.2. The Morgan fingerprint density at radius 3 is 2.76 bits per heavy atom. The Labute approximate surface area is 108 Å². The van der Waals surface area contributed by atoms with Crippen molar-refractivity contribution in [3.05, 3.63) is 0 Å². The van der Waals surface area contributed by atoms with E-state index < -0.39 is 0 Å². The molecule has 2 atom stereocenters. The summed E-state index contributed by atoms with van der Waals surface area (Å²) in [5.41, 5.74) is 0.484. The van der Waals surface area contributed by atoms with Gasteiger partial charge in [0.15, 0.2) is 0 Å². The molecule has 98 valence electrons. The summed E-state index contributed by atoms with van der Waals surface area (Å²) >= 11 is 0. The Bertz CT molecular complexity index is 249. The van der Waals surface area contributed by atoms with E-state index in [1.54, 1.807) is 0 Å². The maximum atomic E-state index is 5.42. The van der Waals surface area contributed by atoms with E-state index in [0.29, 0.717) is 11.5 Å². The van der Waals surface area contributed by atoms with E-state index in [9.17, 15) is 0 Å². The highest BCUT2D eigenvalue weighted by molar-refractivity contribution is 4.93. The normalized spacial score (nSPS) is 25.2. The third-order valence-corrected chi connectivity index (χ3v) is 4.33. The lowest BCUT2D eigenvalue weighted by atomic mass is 9.65. The van der Waals surface area contributed by atoms with E-state index in [-0.39, 0.29) is 0 Å². The van der Waals surface area contributed by atoms with Gasteiger partial charge in [0.05, 0.1) is 0 Å². The molecule has 0 heterocycles. The average Bonchev–Trinajstić information content (AvgIpc) is 2.30. The average molecular weight is 235 g/mol. The molecular formula is C16H29N. The molecule has 0 aliphatic heterocycles. The fourth-order valence-corrected chi connectivity index (χ4v) is 3.28. The summed E-state index contributed by atoms with van der Waals surface area (Å²) in [5.74, 6) is 3.60. The minimum absolute atomic E-state index is 0.484. The topological polar surface area (TPSA) is 12.0 Å². The summed E-state index contributed by atoms with van der Waals surface area (Å²) in [6, 6.07) is 0.626. The molecule has 1 heteroatoms. The van der Waals surface area contributed by atoms with Crippen LogP contribution in [-0.2, 0) is 0 Å². The smallest absolute Gasteiger partial charge is 0.0109 e. The monoisotopic (exact) mass is 235 g/mol. The molecule has 1 aliphatic carbocycles. The van der Waals surface area contributed by atoms with Crippen LogP contribution in [0.15, 0.2) is 0 Å². The summed E-state index contributed by atoms with van der Waals surface area (Å²) in [5, 5.41) is 3.73. The van der Waals surface area contributed by atoms with Crippen molar-refractivity contribution < 1.29 is 0 Å². The number of hydrogen-bond donors (Lipinski definition) is 1. The van der Waals surface area contributed by atoms with Crippen molar-refractivity contribution in [2.45, 2.75) is 71.8 Å². The molecule has 0 spiro atoms. The van der Waals surface area contributed by atoms with Crippen LogP contribution in [-0.4, -0.2) is 12.6 Å². The first-order chi connectivity index (χ1) is 8.11. The van der Waals surface area contributed by atoms with Gasteiger partial charge in [-0.1, -0.05) is 33.6 Å². The molecule has 0 radical (unpaired) electrons. The van der Waals surface area contributed by atoms with Gasteiger partial charge in [-0.3, -0.25) is 0 Å². The number of rotatable bonds is 6. The molecule has 2 unspecified atom stereocenters. The molecule has 0 aromatic rings. The van der Waals surface area contributed by atoms with Gasteiger partial charge in [0, 0.05) is 12.5 Å². The lowest BCUT2D eigenvalue weighted by Gasteiger charge is -2.43. The maximum absolute atomic E-state index is 5.42. The van der Waals surface area contributed by atoms with Crippen LogP contribution in [0.1, 0.15) is 65.7 Å². The van der Waals surface area contributed by atoms with Crippen molar-refractivity contribution in [2.75, 3.05) is 6.54 Å². The molecule has 1 aliphatic rings. The molecule has 0 aromatic carbocycles. The summed E-state index contributed by atoms with van der Waals surface area (Å²) in [7, 11) is 0. The molecule has 1 N–H and O–H groups in total. The van der Waals surface area contributed by atoms with Gasteiger partial charge in [0.25, 0.3) is 0 Å². The second-order valence-electron chi connectivity index (χ2n) is 6.14. The van der Waals surface area contributed by atoms with Gasteiger partial charge < -0.3 is 5.32 Å². The molecule has 1 nitrogen and oxygen atoms in total. The van der Waals surface area contributed by atoms with Crippen LogP contribution < -0.4 is 5.32 Å². The lowest BCUT2D eigenvalue weighted by molar-refractivity contribution is 0.0953. The van der Waals surface area contributed by atoms with E-state index in [0.717, 1.165) is 25.3 Å². The zero-order valence-electron chi connectivity index (χ0n) is 11.9. The Hall–Kier alpha value is -0.480. The maximum Gasteiger partial charge on any atom is 0.0109 e. The van der Waals surface area contributed by atoms with Gasteiger partial charge >= 0.3 is 0 Å². The molecule has 17 heavy (non-hydrogen) atoms. The van der Waals surface area contributed by atoms with Crippen molar-refractivity contribution in [2.24, 2.45) is 11.3 Å². The van der Waals surface area contributed by atoms with Crippen LogP contribution in [0.3, 0.4) is 0 Å². The highest BCUT2D eigenvalue weighted by atomic mass is 14.9. The summed E-state index contributed by atoms with van der Waals surface area (Å²) in [6.45, 7) is 8.24. The van der Waals surface area contributed by atoms with Crippen molar-refractivity contribution >= 4 is 0 Å². The van der Waals surface area contributed by atoms with Gasteiger partial charge in [0.1, 0.15) is 0 Å². The first-order valence-electron chi connectivity index (χ1n) is 7.28. The molecular weight excluding hydrogens is 206 g/mol. The minimum atomic E-state index is 0.484. The van der Waals surface area contributed by atoms with Crippen molar-refractivity contribution in [3.8, 4) is 12.3 Å². The van der Waals surface area contributed by atoms with E-state index >= 15 is 0 Å². The van der Waals surface area contributed by atoms with Crippen LogP contribution in [0.5, 0.6) is 0 Å². The molecule has 0 saturated heterocycles. The van der Waals surface area contributed by atoms with Gasteiger partial charge in [0.2, 0.25) is 0 Å². The molecule has 0 aromatic heterocycles. The first kappa shape index (κ1) is 14.6. The van der Waals surface area contributed by atoms with E-state index in [4.69, 9.17) is 6.42 Å². The summed E-state index contributed by atoms with van der Waals surface area (Å²) < 4.78 is 0. The fourth-order valence-electron chi connectivity index (χ4n) is 3.28. The molecule has 0 bridgehead atoms. The standard InChI is InChI=1S/C16H29N/c1-5-7-11-15(17-13-6-2)14-10-8-9-12-16(14,3)4/h1,14-15,17H,6-13H2,2-4H3. The highest BCUT2D eigenvalue weighted by Crippen LogP contribution is 2.43. The van der Waals surface area contributed by atoms with Crippen LogP contribution in [0.25, 0.3) is 0 Å².